The van der Waals surface area contributed by atoms with Gasteiger partial charge in [-0.2, -0.15) is 0 Å². The molecule has 0 spiro atoms. The number of halogens is 1. The van der Waals surface area contributed by atoms with Gasteiger partial charge in [0.25, 0.3) is 0 Å². The maximum absolute atomic E-state index is 12.6. The van der Waals surface area contributed by atoms with Gasteiger partial charge in [0.15, 0.2) is 11.0 Å². The molecular weight excluding hydrogens is 440 g/mol. The van der Waals surface area contributed by atoms with Gasteiger partial charge in [-0.05, 0) is 49.4 Å². The Morgan fingerprint density at radius 2 is 2.03 bits per heavy atom. The van der Waals surface area contributed by atoms with Crippen LogP contribution in [-0.4, -0.2) is 36.6 Å². The number of carboxylic acids is 1. The first-order chi connectivity index (χ1) is 15.0. The van der Waals surface area contributed by atoms with E-state index in [1.54, 1.807) is 30.0 Å². The van der Waals surface area contributed by atoms with E-state index in [0.717, 1.165) is 4.90 Å². The number of aliphatic carboxylic acids is 1. The Bertz CT molecular complexity index is 1170. The van der Waals surface area contributed by atoms with E-state index >= 15 is 0 Å². The molecule has 0 amide bonds. The maximum atomic E-state index is 12.6. The monoisotopic (exact) mass is 460 g/mol. The minimum atomic E-state index is -0.772. The van der Waals surface area contributed by atoms with E-state index in [9.17, 15) is 9.59 Å². The van der Waals surface area contributed by atoms with Crippen molar-refractivity contribution in [2.24, 2.45) is 5.92 Å². The van der Waals surface area contributed by atoms with E-state index in [-0.39, 0.29) is 24.1 Å². The molecule has 0 unspecified atom stereocenters. The summed E-state index contributed by atoms with van der Waals surface area (Å²) < 4.78 is 17.6. The van der Waals surface area contributed by atoms with Crippen molar-refractivity contribution in [1.82, 2.24) is 0 Å². The Labute approximate surface area is 188 Å². The number of thioether (sulfide) groups is 1. The molecule has 1 saturated carbocycles. The molecule has 1 N–H and O–H groups in total. The summed E-state index contributed by atoms with van der Waals surface area (Å²) in [6.45, 7) is 0.630. The second-order valence-electron chi connectivity index (χ2n) is 7.30. The number of fused-ring (bicyclic) bond motifs is 1. The van der Waals surface area contributed by atoms with Crippen LogP contribution in [0.15, 0.2) is 56.6 Å². The molecule has 0 saturated heterocycles. The molecule has 31 heavy (non-hydrogen) atoms. The van der Waals surface area contributed by atoms with Crippen molar-refractivity contribution < 1.29 is 23.8 Å². The molecule has 0 aliphatic heterocycles. The zero-order valence-corrected chi connectivity index (χ0v) is 18.4. The number of benzene rings is 2. The molecule has 1 aliphatic carbocycles. The zero-order valence-electron chi connectivity index (χ0n) is 16.8. The molecule has 1 fully saturated rings. The van der Waals surface area contributed by atoms with E-state index < -0.39 is 5.97 Å². The average molecular weight is 461 g/mol. The summed E-state index contributed by atoms with van der Waals surface area (Å²) in [5.41, 5.74) is 0.805. The van der Waals surface area contributed by atoms with Crippen molar-refractivity contribution in [1.29, 1.82) is 0 Å². The minimum Gasteiger partial charge on any atom is -0.490 e. The second-order valence-corrected chi connectivity index (χ2v) is 8.59. The van der Waals surface area contributed by atoms with Crippen LogP contribution in [0, 0.1) is 5.92 Å². The van der Waals surface area contributed by atoms with E-state index in [4.69, 9.17) is 30.6 Å². The minimum absolute atomic E-state index is 0.0395. The van der Waals surface area contributed by atoms with Crippen LogP contribution in [0.4, 0.5) is 0 Å². The van der Waals surface area contributed by atoms with E-state index in [0.29, 0.717) is 52.5 Å². The Kier molecular flexibility index (Phi) is 6.55. The first kappa shape index (κ1) is 21.7. The largest absolute Gasteiger partial charge is 0.490 e. The van der Waals surface area contributed by atoms with Gasteiger partial charge in [-0.15, -0.1) is 11.8 Å². The topological polar surface area (TPSA) is 86.0 Å². The highest BCUT2D eigenvalue weighted by Crippen LogP contribution is 2.35. The number of carboxylic acid groups (broad SMARTS) is 1. The van der Waals surface area contributed by atoms with Gasteiger partial charge >= 0.3 is 5.97 Å². The van der Waals surface area contributed by atoms with Crippen LogP contribution in [0.5, 0.6) is 5.75 Å². The second kappa shape index (κ2) is 9.34. The molecule has 1 aromatic heterocycles. The van der Waals surface area contributed by atoms with Gasteiger partial charge in [-0.25, -0.2) is 0 Å². The maximum Gasteiger partial charge on any atom is 0.306 e. The van der Waals surface area contributed by atoms with Crippen LogP contribution in [0.1, 0.15) is 12.8 Å². The Balaban J connectivity index is 1.52. The number of carbonyl (C=O) groups is 1. The van der Waals surface area contributed by atoms with Crippen molar-refractivity contribution >= 4 is 40.3 Å². The number of para-hydroxylation sites is 1. The van der Waals surface area contributed by atoms with Crippen LogP contribution in [-0.2, 0) is 9.53 Å². The van der Waals surface area contributed by atoms with E-state index in [2.05, 4.69) is 0 Å². The number of rotatable bonds is 8. The molecule has 1 heterocycles. The standard InChI is InChI=1S/C23H21ClO6S/c1-31-15-5-6-17(21-12-19(25)16-3-2-4-18(24)22(16)30-21)20(11-15)29-8-7-28-14-9-13(10-14)23(26)27/h2-6,11-14H,7-10H2,1H3,(H,26,27)/t13-,14+. The van der Waals surface area contributed by atoms with Gasteiger partial charge < -0.3 is 19.0 Å². The lowest BCUT2D eigenvalue weighted by atomic mass is 9.82. The lowest BCUT2D eigenvalue weighted by Gasteiger charge is -2.32. The quantitative estimate of drug-likeness (QED) is 0.370. The van der Waals surface area contributed by atoms with Crippen molar-refractivity contribution in [3.05, 3.63) is 57.7 Å². The van der Waals surface area contributed by atoms with Gasteiger partial charge in [0, 0.05) is 11.0 Å². The fraction of sp³-hybridized carbons (Fsp3) is 0.304. The first-order valence-electron chi connectivity index (χ1n) is 9.84. The predicted octanol–water partition coefficient (Wildman–Crippen LogP) is 5.09. The zero-order chi connectivity index (χ0) is 22.0. The van der Waals surface area contributed by atoms with Crippen molar-refractivity contribution in [3.63, 3.8) is 0 Å². The summed E-state index contributed by atoms with van der Waals surface area (Å²) in [5, 5.41) is 9.73. The average Bonchev–Trinajstić information content (AvgIpc) is 2.72. The number of ether oxygens (including phenoxy) is 2. The summed E-state index contributed by atoms with van der Waals surface area (Å²) in [5.74, 6) is -0.135. The summed E-state index contributed by atoms with van der Waals surface area (Å²) in [6.07, 6.45) is 2.99. The summed E-state index contributed by atoms with van der Waals surface area (Å²) >= 11 is 7.81. The molecule has 162 valence electrons. The number of hydrogen-bond donors (Lipinski definition) is 1. The third-order valence-electron chi connectivity index (χ3n) is 5.30. The third kappa shape index (κ3) is 4.74. The molecule has 1 aliphatic rings. The molecule has 0 bridgehead atoms. The lowest BCUT2D eigenvalue weighted by molar-refractivity contribution is -0.151. The van der Waals surface area contributed by atoms with Crippen LogP contribution in [0.2, 0.25) is 5.02 Å². The summed E-state index contributed by atoms with van der Waals surface area (Å²) in [4.78, 5) is 24.5. The highest BCUT2D eigenvalue weighted by Gasteiger charge is 2.35. The molecule has 0 atom stereocenters. The van der Waals surface area contributed by atoms with Crippen LogP contribution in [0.3, 0.4) is 0 Å². The van der Waals surface area contributed by atoms with Gasteiger partial charge in [0.1, 0.15) is 18.1 Å². The molecular formula is C23H21ClO6S. The Morgan fingerprint density at radius 3 is 2.77 bits per heavy atom. The lowest BCUT2D eigenvalue weighted by Crippen LogP contribution is -2.37. The highest BCUT2D eigenvalue weighted by atomic mass is 35.5. The van der Waals surface area contributed by atoms with Gasteiger partial charge in [-0.3, -0.25) is 9.59 Å². The van der Waals surface area contributed by atoms with Crippen LogP contribution >= 0.6 is 23.4 Å². The molecule has 8 heteroatoms. The normalized spacial score (nSPS) is 18.0. The van der Waals surface area contributed by atoms with Crippen molar-refractivity contribution in [3.8, 4) is 17.1 Å². The number of hydrogen-bond acceptors (Lipinski definition) is 6. The molecule has 6 nitrogen and oxygen atoms in total. The molecule has 3 aromatic rings. The summed E-state index contributed by atoms with van der Waals surface area (Å²) in [7, 11) is 0. The van der Waals surface area contributed by atoms with Gasteiger partial charge in [0.05, 0.1) is 34.6 Å². The fourth-order valence-corrected chi connectivity index (χ4v) is 4.14. The highest BCUT2D eigenvalue weighted by molar-refractivity contribution is 7.98. The van der Waals surface area contributed by atoms with Crippen LogP contribution < -0.4 is 10.2 Å². The van der Waals surface area contributed by atoms with Crippen molar-refractivity contribution in [2.45, 2.75) is 23.8 Å². The Morgan fingerprint density at radius 1 is 1.23 bits per heavy atom. The molecule has 2 aromatic carbocycles. The van der Waals surface area contributed by atoms with Crippen molar-refractivity contribution in [2.75, 3.05) is 19.5 Å². The predicted molar refractivity (Wildman–Crippen MR) is 120 cm³/mol. The SMILES string of the molecule is CSc1ccc(-c2cc(=O)c3cccc(Cl)c3o2)c(OCCO[C@H]2C[C@@H](C(=O)O)C2)c1. The molecule has 4 rings (SSSR count). The van der Waals surface area contributed by atoms with Gasteiger partial charge in [0.2, 0.25) is 0 Å². The first-order valence-corrected chi connectivity index (χ1v) is 11.4. The smallest absolute Gasteiger partial charge is 0.306 e. The van der Waals surface area contributed by atoms with E-state index in [1.807, 2.05) is 24.5 Å². The Hall–Kier alpha value is -2.48. The summed E-state index contributed by atoms with van der Waals surface area (Å²) in [6, 6.07) is 12.2. The van der Waals surface area contributed by atoms with E-state index in [1.165, 1.54) is 6.07 Å². The molecule has 0 radical (unpaired) electrons. The third-order valence-corrected chi connectivity index (χ3v) is 6.32. The fourth-order valence-electron chi connectivity index (χ4n) is 3.50. The van der Waals surface area contributed by atoms with Gasteiger partial charge in [-0.1, -0.05) is 17.7 Å². The van der Waals surface area contributed by atoms with Crippen LogP contribution in [0.25, 0.3) is 22.3 Å².